The van der Waals surface area contributed by atoms with E-state index >= 15 is 0 Å². The number of fused-ring (bicyclic) bond motifs is 2. The summed E-state index contributed by atoms with van der Waals surface area (Å²) in [6.07, 6.45) is 0. The molecule has 1 aromatic rings. The lowest BCUT2D eigenvalue weighted by Crippen LogP contribution is -2.34. The van der Waals surface area contributed by atoms with Crippen LogP contribution in [0.3, 0.4) is 0 Å². The fraction of sp³-hybridized carbons (Fsp3) is 0.333. The predicted octanol–water partition coefficient (Wildman–Crippen LogP) is 2.90. The fourth-order valence-electron chi connectivity index (χ4n) is 2.91. The van der Waals surface area contributed by atoms with Gasteiger partial charge in [0.05, 0.1) is 5.57 Å². The van der Waals surface area contributed by atoms with Gasteiger partial charge in [-0.15, -0.1) is 0 Å². The second-order valence-corrected chi connectivity index (χ2v) is 5.62. The molecule has 0 saturated heterocycles. The largest absolute Gasteiger partial charge is 0.486 e. The van der Waals surface area contributed by atoms with E-state index in [1.165, 1.54) is 0 Å². The predicted molar refractivity (Wildman–Crippen MR) is 75.4 cm³/mol. The highest BCUT2D eigenvalue weighted by molar-refractivity contribution is 6.52. The Morgan fingerprint density at radius 2 is 1.90 bits per heavy atom. The number of hydrogen-bond donors (Lipinski definition) is 0. The summed E-state index contributed by atoms with van der Waals surface area (Å²) in [5, 5.41) is 3.56. The van der Waals surface area contributed by atoms with Gasteiger partial charge < -0.3 is 4.74 Å². The summed E-state index contributed by atoms with van der Waals surface area (Å²) < 4.78 is 5.93. The molecule has 0 fully saturated rings. The lowest BCUT2D eigenvalue weighted by molar-refractivity contribution is -0.112. The van der Waals surface area contributed by atoms with Crippen molar-refractivity contribution in [3.63, 3.8) is 0 Å². The van der Waals surface area contributed by atoms with Crippen LogP contribution in [0, 0.1) is 5.92 Å². The second-order valence-electron chi connectivity index (χ2n) is 5.62. The van der Waals surface area contributed by atoms with E-state index in [1.807, 2.05) is 13.8 Å². The molecule has 0 radical (unpaired) electrons. The van der Waals surface area contributed by atoms with Crippen LogP contribution in [-0.4, -0.2) is 23.7 Å². The molecule has 6 heteroatoms. The molecule has 1 unspecified atom stereocenters. The maximum Gasteiger partial charge on any atom is 0.234 e. The number of benzene rings is 1. The minimum absolute atomic E-state index is 0.0868. The topological polar surface area (TPSA) is 92.1 Å². The molecule has 1 aliphatic heterocycles. The van der Waals surface area contributed by atoms with Crippen LogP contribution in [0.5, 0.6) is 0 Å². The van der Waals surface area contributed by atoms with Crippen LogP contribution in [0.1, 0.15) is 29.8 Å². The molecule has 0 aromatic heterocycles. The number of ether oxygens (including phenoxy) is 1. The van der Waals surface area contributed by atoms with E-state index in [1.54, 1.807) is 24.3 Å². The van der Waals surface area contributed by atoms with E-state index in [0.717, 1.165) is 0 Å². The number of hydrogen-bond acceptors (Lipinski definition) is 4. The van der Waals surface area contributed by atoms with Gasteiger partial charge in [-0.25, -0.2) is 0 Å². The quantitative estimate of drug-likeness (QED) is 0.361. The lowest BCUT2D eigenvalue weighted by Gasteiger charge is -2.26. The molecule has 0 saturated carbocycles. The van der Waals surface area contributed by atoms with E-state index in [4.69, 9.17) is 10.3 Å². The van der Waals surface area contributed by atoms with Gasteiger partial charge in [0, 0.05) is 28.5 Å². The van der Waals surface area contributed by atoms with Crippen molar-refractivity contribution in [1.29, 1.82) is 0 Å². The van der Waals surface area contributed by atoms with Crippen molar-refractivity contribution in [2.24, 2.45) is 11.0 Å². The van der Waals surface area contributed by atoms with Crippen molar-refractivity contribution in [3.8, 4) is 0 Å². The average Bonchev–Trinajstić information content (AvgIpc) is 2.74. The van der Waals surface area contributed by atoms with Crippen molar-refractivity contribution < 1.29 is 14.3 Å². The molecule has 1 heterocycles. The zero-order valence-corrected chi connectivity index (χ0v) is 11.7. The molecule has 2 aliphatic rings. The number of carbonyl (C=O) groups is 2. The Bertz CT molecular complexity index is 742. The second kappa shape index (κ2) is 4.46. The van der Waals surface area contributed by atoms with Gasteiger partial charge in [0.25, 0.3) is 0 Å². The number of Topliss-reactive ketones (excluding diaryl/α,β-unsaturated/α-hetero) is 2. The van der Waals surface area contributed by atoms with Gasteiger partial charge in [0.15, 0.2) is 0 Å². The first-order chi connectivity index (χ1) is 9.97. The maximum absolute atomic E-state index is 12.4. The molecular formula is C15H13N3O3. The number of carbonyl (C=O) groups excluding carboxylic acids is 2. The van der Waals surface area contributed by atoms with Crippen molar-refractivity contribution in [2.75, 3.05) is 6.54 Å². The smallest absolute Gasteiger partial charge is 0.234 e. The molecule has 3 rings (SSSR count). The van der Waals surface area contributed by atoms with Crippen molar-refractivity contribution >= 4 is 17.3 Å². The monoisotopic (exact) mass is 283 g/mol. The number of rotatable bonds is 2. The van der Waals surface area contributed by atoms with E-state index in [9.17, 15) is 9.59 Å². The third-order valence-corrected chi connectivity index (χ3v) is 3.99. The van der Waals surface area contributed by atoms with Gasteiger partial charge in [-0.05, 0) is 19.4 Å². The zero-order valence-electron chi connectivity index (χ0n) is 11.7. The minimum atomic E-state index is -0.702. The van der Waals surface area contributed by atoms with Crippen molar-refractivity contribution in [2.45, 2.75) is 19.4 Å². The number of azide groups is 1. The normalized spacial score (nSPS) is 22.3. The molecule has 106 valence electrons. The molecule has 1 aromatic carbocycles. The Hall–Kier alpha value is -2.59. The molecular weight excluding hydrogens is 270 g/mol. The molecule has 6 nitrogen and oxygen atoms in total. The summed E-state index contributed by atoms with van der Waals surface area (Å²) in [5.41, 5.74) is 9.14. The Morgan fingerprint density at radius 1 is 1.24 bits per heavy atom. The zero-order chi connectivity index (χ0) is 15.2. The van der Waals surface area contributed by atoms with Crippen LogP contribution in [0.4, 0.5) is 0 Å². The third-order valence-electron chi connectivity index (χ3n) is 3.99. The first-order valence-electron chi connectivity index (χ1n) is 6.60. The number of ketones is 2. The van der Waals surface area contributed by atoms with Crippen LogP contribution >= 0.6 is 0 Å². The fourth-order valence-corrected chi connectivity index (χ4v) is 2.91. The molecule has 0 bridgehead atoms. The molecule has 0 spiro atoms. The van der Waals surface area contributed by atoms with Crippen LogP contribution < -0.4 is 0 Å². The third kappa shape index (κ3) is 1.84. The molecule has 1 aliphatic carbocycles. The Balaban J connectivity index is 2.21. The highest BCUT2D eigenvalue weighted by Gasteiger charge is 2.49. The molecule has 0 N–H and O–H groups in total. The van der Waals surface area contributed by atoms with Crippen LogP contribution in [0.15, 0.2) is 35.0 Å². The summed E-state index contributed by atoms with van der Waals surface area (Å²) in [6.45, 7) is 3.73. The highest BCUT2D eigenvalue weighted by atomic mass is 16.5. The van der Waals surface area contributed by atoms with Crippen LogP contribution in [0.2, 0.25) is 0 Å². The van der Waals surface area contributed by atoms with Crippen molar-refractivity contribution in [1.82, 2.24) is 0 Å². The van der Waals surface area contributed by atoms with Gasteiger partial charge in [0.2, 0.25) is 11.6 Å². The Labute approximate surface area is 121 Å². The van der Waals surface area contributed by atoms with Gasteiger partial charge in [-0.1, -0.05) is 29.4 Å². The van der Waals surface area contributed by atoms with Gasteiger partial charge in [-0.2, -0.15) is 0 Å². The van der Waals surface area contributed by atoms with Gasteiger partial charge in [-0.3, -0.25) is 9.59 Å². The first-order valence-corrected chi connectivity index (χ1v) is 6.60. The minimum Gasteiger partial charge on any atom is -0.486 e. The highest BCUT2D eigenvalue weighted by Crippen LogP contribution is 2.47. The maximum atomic E-state index is 12.4. The van der Waals surface area contributed by atoms with Crippen LogP contribution in [-0.2, 0) is 9.53 Å². The summed E-state index contributed by atoms with van der Waals surface area (Å²) in [4.78, 5) is 27.4. The van der Waals surface area contributed by atoms with E-state index in [0.29, 0.717) is 22.5 Å². The first kappa shape index (κ1) is 13.4. The van der Waals surface area contributed by atoms with E-state index < -0.39 is 23.1 Å². The standard InChI is InChI=1S/C15H13N3O3/c1-15(2)10(7-17-18-16)11-13(20)12(19)8-5-3-4-6-9(8)14(11)21-15/h3-6,10H,7H2,1-2H3. The van der Waals surface area contributed by atoms with E-state index in [2.05, 4.69) is 10.0 Å². The molecule has 21 heavy (non-hydrogen) atoms. The summed E-state index contributed by atoms with van der Waals surface area (Å²) >= 11 is 0. The van der Waals surface area contributed by atoms with Gasteiger partial charge in [0.1, 0.15) is 11.4 Å². The Morgan fingerprint density at radius 3 is 2.57 bits per heavy atom. The molecule has 0 amide bonds. The van der Waals surface area contributed by atoms with Crippen molar-refractivity contribution in [3.05, 3.63) is 51.4 Å². The molecule has 1 atom stereocenters. The van der Waals surface area contributed by atoms with Crippen LogP contribution in [0.25, 0.3) is 16.2 Å². The number of nitrogens with zero attached hydrogens (tertiary/aromatic N) is 3. The van der Waals surface area contributed by atoms with E-state index in [-0.39, 0.29) is 6.54 Å². The summed E-state index contributed by atoms with van der Waals surface area (Å²) in [6, 6.07) is 6.90. The SMILES string of the molecule is CC1(C)OC2=C(C(=O)C(=O)c3ccccc32)C1CN=[N+]=[N-]. The Kier molecular flexibility index (Phi) is 2.85. The lowest BCUT2D eigenvalue weighted by atomic mass is 9.79. The summed E-state index contributed by atoms with van der Waals surface area (Å²) in [5.74, 6) is -1.07. The average molecular weight is 283 g/mol. The summed E-state index contributed by atoms with van der Waals surface area (Å²) in [7, 11) is 0. The van der Waals surface area contributed by atoms with Gasteiger partial charge >= 0.3 is 0 Å².